The highest BCUT2D eigenvalue weighted by molar-refractivity contribution is 6.09. The van der Waals surface area contributed by atoms with Crippen LogP contribution in [0.3, 0.4) is 0 Å². The Bertz CT molecular complexity index is 744. The largest absolute Gasteiger partial charge is 0.376 e. The van der Waals surface area contributed by atoms with Gasteiger partial charge in [0, 0.05) is 13.2 Å². The normalized spacial score (nSPS) is 27.5. The second-order valence-corrected chi connectivity index (χ2v) is 7.18. The molecule has 2 atom stereocenters. The van der Waals surface area contributed by atoms with E-state index in [0.29, 0.717) is 13.0 Å². The fraction of sp³-hybridized carbons (Fsp3) is 0.526. The zero-order valence-corrected chi connectivity index (χ0v) is 14.6. The molecule has 7 nitrogen and oxygen atoms in total. The number of amides is 4. The molecule has 26 heavy (non-hydrogen) atoms. The first kappa shape index (κ1) is 17.0. The first-order valence-corrected chi connectivity index (χ1v) is 9.21. The molecule has 4 amide bonds. The highest BCUT2D eigenvalue weighted by Crippen LogP contribution is 2.39. The van der Waals surface area contributed by atoms with Crippen molar-refractivity contribution in [3.05, 3.63) is 35.4 Å². The standard InChI is InChI=1S/C19H23N3O4/c23-16(20-11-14-7-4-10-26-14)12-22-17(24)19(21-18(22)25)9-3-6-13-5-1-2-8-15(13)19/h1-2,5,8,14H,3-4,6-7,9-12H2,(H,20,23)(H,21,25)/t14-,19-/m1/s1. The lowest BCUT2D eigenvalue weighted by atomic mass is 9.76. The van der Waals surface area contributed by atoms with E-state index in [0.717, 1.165) is 48.3 Å². The third-order valence-electron chi connectivity index (χ3n) is 5.50. The van der Waals surface area contributed by atoms with Gasteiger partial charge in [0.1, 0.15) is 12.1 Å². The first-order chi connectivity index (χ1) is 12.6. The molecule has 0 unspecified atom stereocenters. The van der Waals surface area contributed by atoms with E-state index >= 15 is 0 Å². The van der Waals surface area contributed by atoms with Gasteiger partial charge in [-0.15, -0.1) is 0 Å². The summed E-state index contributed by atoms with van der Waals surface area (Å²) in [7, 11) is 0. The van der Waals surface area contributed by atoms with E-state index in [4.69, 9.17) is 4.74 Å². The molecule has 4 rings (SSSR count). The number of nitrogens with zero attached hydrogens (tertiary/aromatic N) is 1. The molecule has 1 aromatic rings. The van der Waals surface area contributed by atoms with Crippen LogP contribution in [0.15, 0.2) is 24.3 Å². The summed E-state index contributed by atoms with van der Waals surface area (Å²) in [6.07, 6.45) is 4.21. The molecule has 2 fully saturated rings. The Morgan fingerprint density at radius 3 is 2.96 bits per heavy atom. The van der Waals surface area contributed by atoms with Crippen LogP contribution in [-0.2, 0) is 26.3 Å². The van der Waals surface area contributed by atoms with Crippen molar-refractivity contribution in [2.75, 3.05) is 19.7 Å². The predicted molar refractivity (Wildman–Crippen MR) is 93.3 cm³/mol. The average Bonchev–Trinajstić information content (AvgIpc) is 3.24. The molecule has 2 heterocycles. The van der Waals surface area contributed by atoms with Gasteiger partial charge in [0.2, 0.25) is 5.91 Å². The third kappa shape index (κ3) is 2.86. The number of ether oxygens (including phenoxy) is 1. The van der Waals surface area contributed by atoms with Crippen molar-refractivity contribution < 1.29 is 19.1 Å². The van der Waals surface area contributed by atoms with E-state index in [1.807, 2.05) is 24.3 Å². The van der Waals surface area contributed by atoms with Gasteiger partial charge in [-0.05, 0) is 43.2 Å². The molecule has 2 aliphatic heterocycles. The second kappa shape index (κ2) is 6.72. The van der Waals surface area contributed by atoms with E-state index in [-0.39, 0.29) is 24.5 Å². The number of nitrogens with one attached hydrogen (secondary N) is 2. The van der Waals surface area contributed by atoms with E-state index in [2.05, 4.69) is 10.6 Å². The Labute approximate surface area is 152 Å². The Morgan fingerprint density at radius 2 is 2.15 bits per heavy atom. The molecule has 1 aliphatic carbocycles. The molecule has 0 aromatic heterocycles. The molecular formula is C19H23N3O4. The molecule has 138 valence electrons. The van der Waals surface area contributed by atoms with Crippen molar-refractivity contribution >= 4 is 17.8 Å². The van der Waals surface area contributed by atoms with E-state index < -0.39 is 11.6 Å². The Hall–Kier alpha value is -2.41. The van der Waals surface area contributed by atoms with Crippen LogP contribution in [0.2, 0.25) is 0 Å². The second-order valence-electron chi connectivity index (χ2n) is 7.18. The minimum absolute atomic E-state index is 0.0265. The maximum absolute atomic E-state index is 13.1. The van der Waals surface area contributed by atoms with Crippen LogP contribution in [0.5, 0.6) is 0 Å². The highest BCUT2D eigenvalue weighted by Gasteiger charge is 2.54. The molecule has 0 radical (unpaired) electrons. The minimum atomic E-state index is -1.03. The molecular weight excluding hydrogens is 334 g/mol. The molecule has 0 saturated carbocycles. The van der Waals surface area contributed by atoms with Gasteiger partial charge in [0.05, 0.1) is 6.10 Å². The predicted octanol–water partition coefficient (Wildman–Crippen LogP) is 1.07. The third-order valence-corrected chi connectivity index (χ3v) is 5.50. The molecule has 2 saturated heterocycles. The zero-order valence-electron chi connectivity index (χ0n) is 14.6. The molecule has 7 heteroatoms. The number of aryl methyl sites for hydroxylation is 1. The van der Waals surface area contributed by atoms with Crippen LogP contribution in [0.4, 0.5) is 4.79 Å². The molecule has 1 spiro atoms. The van der Waals surface area contributed by atoms with Crippen molar-refractivity contribution in [2.45, 2.75) is 43.7 Å². The van der Waals surface area contributed by atoms with Crippen LogP contribution < -0.4 is 10.6 Å². The van der Waals surface area contributed by atoms with Gasteiger partial charge >= 0.3 is 6.03 Å². The van der Waals surface area contributed by atoms with Crippen LogP contribution in [0, 0.1) is 0 Å². The summed E-state index contributed by atoms with van der Waals surface area (Å²) in [4.78, 5) is 38.8. The summed E-state index contributed by atoms with van der Waals surface area (Å²) in [5, 5.41) is 5.63. The number of urea groups is 1. The van der Waals surface area contributed by atoms with Gasteiger partial charge in [-0.25, -0.2) is 4.79 Å². The maximum atomic E-state index is 13.1. The number of fused-ring (bicyclic) bond motifs is 2. The monoisotopic (exact) mass is 357 g/mol. The van der Waals surface area contributed by atoms with Gasteiger partial charge in [-0.1, -0.05) is 24.3 Å². The number of carbonyl (C=O) groups is 3. The first-order valence-electron chi connectivity index (χ1n) is 9.21. The summed E-state index contributed by atoms with van der Waals surface area (Å²) in [5.41, 5.74) is 0.907. The summed E-state index contributed by atoms with van der Waals surface area (Å²) < 4.78 is 5.47. The average molecular weight is 357 g/mol. The van der Waals surface area contributed by atoms with Crippen molar-refractivity contribution in [1.82, 2.24) is 15.5 Å². The Balaban J connectivity index is 1.47. The minimum Gasteiger partial charge on any atom is -0.376 e. The summed E-state index contributed by atoms with van der Waals surface area (Å²) >= 11 is 0. The maximum Gasteiger partial charge on any atom is 0.325 e. The lowest BCUT2D eigenvalue weighted by Gasteiger charge is -2.33. The quantitative estimate of drug-likeness (QED) is 0.789. The lowest BCUT2D eigenvalue weighted by Crippen LogP contribution is -2.47. The van der Waals surface area contributed by atoms with Crippen molar-refractivity contribution in [3.63, 3.8) is 0 Å². The summed E-state index contributed by atoms with van der Waals surface area (Å²) in [6, 6.07) is 7.21. The van der Waals surface area contributed by atoms with E-state index in [9.17, 15) is 14.4 Å². The highest BCUT2D eigenvalue weighted by atomic mass is 16.5. The Kier molecular flexibility index (Phi) is 4.40. The smallest absolute Gasteiger partial charge is 0.325 e. The number of hydrogen-bond donors (Lipinski definition) is 2. The molecule has 2 N–H and O–H groups in total. The van der Waals surface area contributed by atoms with E-state index in [1.165, 1.54) is 0 Å². The van der Waals surface area contributed by atoms with Crippen molar-refractivity contribution in [3.8, 4) is 0 Å². The number of benzene rings is 1. The van der Waals surface area contributed by atoms with Crippen LogP contribution in [0.1, 0.15) is 36.8 Å². The lowest BCUT2D eigenvalue weighted by molar-refractivity contribution is -0.135. The topological polar surface area (TPSA) is 87.7 Å². The summed E-state index contributed by atoms with van der Waals surface area (Å²) in [6.45, 7) is 0.868. The van der Waals surface area contributed by atoms with Crippen LogP contribution in [0.25, 0.3) is 0 Å². The number of hydrogen-bond acceptors (Lipinski definition) is 4. The summed E-state index contributed by atoms with van der Waals surface area (Å²) in [5.74, 6) is -0.674. The van der Waals surface area contributed by atoms with Crippen LogP contribution in [-0.4, -0.2) is 48.5 Å². The molecule has 0 bridgehead atoms. The van der Waals surface area contributed by atoms with Gasteiger partial charge in [-0.3, -0.25) is 14.5 Å². The van der Waals surface area contributed by atoms with Crippen LogP contribution >= 0.6 is 0 Å². The molecule has 1 aromatic carbocycles. The fourth-order valence-electron chi connectivity index (χ4n) is 4.19. The molecule has 3 aliphatic rings. The zero-order chi connectivity index (χ0) is 18.1. The van der Waals surface area contributed by atoms with Crippen molar-refractivity contribution in [2.24, 2.45) is 0 Å². The number of rotatable bonds is 4. The number of imide groups is 1. The van der Waals surface area contributed by atoms with Crippen molar-refractivity contribution in [1.29, 1.82) is 0 Å². The SMILES string of the molecule is O=C(CN1C(=O)N[C@@]2(CCCc3ccccc32)C1=O)NC[C@H]1CCCO1. The van der Waals surface area contributed by atoms with Gasteiger partial charge in [-0.2, -0.15) is 0 Å². The fourth-order valence-corrected chi connectivity index (χ4v) is 4.19. The van der Waals surface area contributed by atoms with E-state index in [1.54, 1.807) is 0 Å². The van der Waals surface area contributed by atoms with Gasteiger partial charge in [0.15, 0.2) is 0 Å². The van der Waals surface area contributed by atoms with Gasteiger partial charge < -0.3 is 15.4 Å². The number of carbonyl (C=O) groups excluding carboxylic acids is 3. The van der Waals surface area contributed by atoms with Gasteiger partial charge in [0.25, 0.3) is 5.91 Å². The Morgan fingerprint density at radius 1 is 1.31 bits per heavy atom.